The molecule has 28 heavy (non-hydrogen) atoms. The van der Waals surface area contributed by atoms with Gasteiger partial charge in [-0.25, -0.2) is 9.59 Å². The number of rotatable bonds is 6. The predicted octanol–water partition coefficient (Wildman–Crippen LogP) is 3.93. The average Bonchev–Trinajstić information content (AvgIpc) is 2.71. The fourth-order valence-corrected chi connectivity index (χ4v) is 2.33. The van der Waals surface area contributed by atoms with E-state index in [9.17, 15) is 14.7 Å². The number of carboxylic acids is 2. The second-order valence-corrected chi connectivity index (χ2v) is 6.15. The van der Waals surface area contributed by atoms with Gasteiger partial charge in [0, 0.05) is 0 Å². The monoisotopic (exact) mass is 390 g/mol. The molecule has 0 aromatic heterocycles. The van der Waals surface area contributed by atoms with E-state index in [-0.39, 0.29) is 5.92 Å². The van der Waals surface area contributed by atoms with E-state index >= 15 is 0 Å². The van der Waals surface area contributed by atoms with Crippen molar-refractivity contribution >= 4 is 11.9 Å². The van der Waals surface area contributed by atoms with Crippen molar-refractivity contribution in [1.29, 1.82) is 0 Å². The lowest BCUT2D eigenvalue weighted by Gasteiger charge is -2.21. The molecule has 0 saturated heterocycles. The maximum atomic E-state index is 10.2. The van der Waals surface area contributed by atoms with E-state index < -0.39 is 24.1 Å². The fourth-order valence-electron chi connectivity index (χ4n) is 2.33. The van der Waals surface area contributed by atoms with E-state index in [1.54, 1.807) is 67.6 Å². The highest BCUT2D eigenvalue weighted by atomic mass is 16.4. The summed E-state index contributed by atoms with van der Waals surface area (Å²) in [6.45, 7) is 5.68. The molecule has 2 atom stereocenters. The Bertz CT molecular complexity index is 616. The van der Waals surface area contributed by atoms with Crippen LogP contribution < -0.4 is 0 Å². The standard InChI is InChI=1S/C8H18O2.2C7H6O2/c1-4-7(5-2)8(10)6(3)9;2*8-7(9)6-4-2-1-3-5-6/h6-10H,4-5H2,1-3H3;2*1-5H,(H,8,9). The van der Waals surface area contributed by atoms with E-state index in [1.807, 2.05) is 13.8 Å². The van der Waals surface area contributed by atoms with Crippen LogP contribution in [0, 0.1) is 5.92 Å². The minimum Gasteiger partial charge on any atom is -0.478 e. The predicted molar refractivity (Wildman–Crippen MR) is 109 cm³/mol. The number of hydrogen-bond acceptors (Lipinski definition) is 4. The van der Waals surface area contributed by atoms with Gasteiger partial charge in [0.1, 0.15) is 0 Å². The van der Waals surface area contributed by atoms with Crippen LogP contribution in [0.25, 0.3) is 0 Å². The Labute approximate surface area is 166 Å². The van der Waals surface area contributed by atoms with Gasteiger partial charge >= 0.3 is 11.9 Å². The molecule has 2 aromatic carbocycles. The first-order chi connectivity index (χ1) is 13.2. The van der Waals surface area contributed by atoms with Crippen molar-refractivity contribution in [2.45, 2.75) is 45.8 Å². The van der Waals surface area contributed by atoms with E-state index in [0.29, 0.717) is 11.1 Å². The summed E-state index contributed by atoms with van der Waals surface area (Å²) in [6.07, 6.45) is 0.727. The van der Waals surface area contributed by atoms with Gasteiger partial charge in [-0.05, 0) is 37.1 Å². The van der Waals surface area contributed by atoms with E-state index in [2.05, 4.69) is 0 Å². The van der Waals surface area contributed by atoms with Crippen molar-refractivity contribution < 1.29 is 30.0 Å². The molecule has 0 bridgehead atoms. The van der Waals surface area contributed by atoms with Crippen LogP contribution in [-0.2, 0) is 0 Å². The first-order valence-electron chi connectivity index (χ1n) is 9.17. The Hall–Kier alpha value is -2.70. The normalized spacial score (nSPS) is 11.9. The Kier molecular flexibility index (Phi) is 13.0. The molecule has 4 N–H and O–H groups in total. The molecule has 6 nitrogen and oxygen atoms in total. The van der Waals surface area contributed by atoms with Gasteiger partial charge in [-0.3, -0.25) is 0 Å². The van der Waals surface area contributed by atoms with Crippen LogP contribution in [0.5, 0.6) is 0 Å². The number of carbonyl (C=O) groups is 2. The van der Waals surface area contributed by atoms with Gasteiger partial charge in [-0.1, -0.05) is 63.1 Å². The lowest BCUT2D eigenvalue weighted by atomic mass is 9.93. The third kappa shape index (κ3) is 10.4. The van der Waals surface area contributed by atoms with Crippen molar-refractivity contribution in [1.82, 2.24) is 0 Å². The third-order valence-electron chi connectivity index (χ3n) is 4.07. The van der Waals surface area contributed by atoms with Gasteiger partial charge in [0.15, 0.2) is 0 Å². The highest BCUT2D eigenvalue weighted by Crippen LogP contribution is 2.15. The summed E-state index contributed by atoms with van der Waals surface area (Å²) >= 11 is 0. The highest BCUT2D eigenvalue weighted by molar-refractivity contribution is 5.87. The molecule has 0 fully saturated rings. The van der Waals surface area contributed by atoms with Gasteiger partial charge in [0.2, 0.25) is 0 Å². The van der Waals surface area contributed by atoms with E-state index in [4.69, 9.17) is 15.3 Å². The van der Waals surface area contributed by atoms with Crippen LogP contribution in [0.1, 0.15) is 54.3 Å². The smallest absolute Gasteiger partial charge is 0.335 e. The second-order valence-electron chi connectivity index (χ2n) is 6.15. The lowest BCUT2D eigenvalue weighted by molar-refractivity contribution is -0.00934. The Balaban J connectivity index is 0.000000391. The maximum absolute atomic E-state index is 10.2. The SMILES string of the molecule is CCC(CC)C(O)C(C)O.O=C(O)c1ccccc1.O=C(O)c1ccccc1. The molecule has 0 amide bonds. The molecule has 2 aromatic rings. The molecule has 0 radical (unpaired) electrons. The third-order valence-corrected chi connectivity index (χ3v) is 4.07. The summed E-state index contributed by atoms with van der Waals surface area (Å²) in [5.41, 5.74) is 0.662. The second kappa shape index (κ2) is 14.4. The minimum atomic E-state index is -0.879. The van der Waals surface area contributed by atoms with Crippen LogP contribution in [0.15, 0.2) is 60.7 Å². The molecule has 0 saturated carbocycles. The molecule has 2 unspecified atom stereocenters. The van der Waals surface area contributed by atoms with Gasteiger partial charge in [-0.15, -0.1) is 0 Å². The van der Waals surface area contributed by atoms with Crippen LogP contribution in [0.4, 0.5) is 0 Å². The molecule has 2 rings (SSSR count). The van der Waals surface area contributed by atoms with Gasteiger partial charge in [0.25, 0.3) is 0 Å². The topological polar surface area (TPSA) is 115 Å². The molecule has 0 heterocycles. The van der Waals surface area contributed by atoms with Gasteiger partial charge in [-0.2, -0.15) is 0 Å². The highest BCUT2D eigenvalue weighted by Gasteiger charge is 2.19. The zero-order valence-corrected chi connectivity index (χ0v) is 16.5. The largest absolute Gasteiger partial charge is 0.478 e. The quantitative estimate of drug-likeness (QED) is 0.594. The molecule has 6 heteroatoms. The first kappa shape index (κ1) is 25.3. The van der Waals surface area contributed by atoms with Crippen molar-refractivity contribution in [2.75, 3.05) is 0 Å². The number of aliphatic hydroxyl groups excluding tert-OH is 2. The zero-order valence-electron chi connectivity index (χ0n) is 16.5. The summed E-state index contributed by atoms with van der Waals surface area (Å²) in [5, 5.41) is 35.1. The number of benzene rings is 2. The molecular formula is C22H30O6. The van der Waals surface area contributed by atoms with Gasteiger partial charge in [0.05, 0.1) is 23.3 Å². The molecule has 0 aliphatic carbocycles. The van der Waals surface area contributed by atoms with E-state index in [0.717, 1.165) is 12.8 Å². The number of hydrogen-bond donors (Lipinski definition) is 4. The van der Waals surface area contributed by atoms with Crippen LogP contribution >= 0.6 is 0 Å². The minimum absolute atomic E-state index is 0.250. The molecule has 0 aliphatic rings. The average molecular weight is 390 g/mol. The first-order valence-corrected chi connectivity index (χ1v) is 9.17. The summed E-state index contributed by atoms with van der Waals surface area (Å²) in [4.78, 5) is 20.4. The summed E-state index contributed by atoms with van der Waals surface area (Å²) in [7, 11) is 0. The van der Waals surface area contributed by atoms with Crippen LogP contribution in [-0.4, -0.2) is 44.6 Å². The molecular weight excluding hydrogens is 360 g/mol. The molecule has 154 valence electrons. The van der Waals surface area contributed by atoms with Gasteiger partial charge < -0.3 is 20.4 Å². The summed E-state index contributed by atoms with van der Waals surface area (Å²) in [6, 6.07) is 16.6. The molecule has 0 spiro atoms. The molecule has 0 aliphatic heterocycles. The fraction of sp³-hybridized carbons (Fsp3) is 0.364. The van der Waals surface area contributed by atoms with E-state index in [1.165, 1.54) is 0 Å². The number of aromatic carboxylic acids is 2. The number of aliphatic hydroxyl groups is 2. The lowest BCUT2D eigenvalue weighted by Crippen LogP contribution is -2.30. The Morgan fingerprint density at radius 2 is 1.07 bits per heavy atom. The van der Waals surface area contributed by atoms with Crippen molar-refractivity contribution in [3.8, 4) is 0 Å². The summed E-state index contributed by atoms with van der Waals surface area (Å²) < 4.78 is 0. The number of carboxylic acid groups (broad SMARTS) is 2. The van der Waals surface area contributed by atoms with Crippen molar-refractivity contribution in [2.24, 2.45) is 5.92 Å². The van der Waals surface area contributed by atoms with Crippen LogP contribution in [0.3, 0.4) is 0 Å². The van der Waals surface area contributed by atoms with Crippen molar-refractivity contribution in [3.05, 3.63) is 71.8 Å². The maximum Gasteiger partial charge on any atom is 0.335 e. The summed E-state index contributed by atoms with van der Waals surface area (Å²) in [5.74, 6) is -1.51. The Morgan fingerprint density at radius 1 is 0.750 bits per heavy atom. The van der Waals surface area contributed by atoms with Crippen LogP contribution in [0.2, 0.25) is 0 Å². The van der Waals surface area contributed by atoms with Crippen molar-refractivity contribution in [3.63, 3.8) is 0 Å². The zero-order chi connectivity index (χ0) is 21.5. The Morgan fingerprint density at radius 3 is 1.21 bits per heavy atom.